The number of allylic oxidation sites excluding steroid dienone is 30. The summed E-state index contributed by atoms with van der Waals surface area (Å²) in [6.45, 7) is 4.56. The molecule has 0 amide bonds. The normalized spacial score (nSPS) is 13.8. The number of hydrogen-bond acceptors (Lipinski definition) is 8. The van der Waals surface area contributed by atoms with Crippen LogP contribution in [0, 0.1) is 0 Å². The van der Waals surface area contributed by atoms with Crippen LogP contribution in [0.4, 0.5) is 0 Å². The Kier molecular flexibility index (Phi) is 65.9. The predicted octanol–water partition coefficient (Wildman–Crippen LogP) is 21.5. The first-order chi connectivity index (χ1) is 44.6. The SMILES string of the molecule is CC/C=C\C/C=C\C/C=C\C/C=C\C/C=C\C/C=C\C/C=C\C/C=C\C/C=C\C/C=C\C/C=C\C/C=C\CCCCC(=O)OC(COC(=O)CCCCCCCCCCCCCC/C=C\C/C=C\C/C=C\CCCCCCC)COC(OCC[N+](C)(C)C)C(=O)[O-]. The summed E-state index contributed by atoms with van der Waals surface area (Å²) >= 11 is 0. The molecule has 0 radical (unpaired) electrons. The zero-order chi connectivity index (χ0) is 66.1. The molecule has 0 spiro atoms. The van der Waals surface area contributed by atoms with Crippen molar-refractivity contribution in [3.05, 3.63) is 182 Å². The van der Waals surface area contributed by atoms with E-state index in [0.717, 1.165) is 128 Å². The predicted molar refractivity (Wildman–Crippen MR) is 388 cm³/mol. The third-order valence-electron chi connectivity index (χ3n) is 14.6. The molecule has 0 aliphatic carbocycles. The summed E-state index contributed by atoms with van der Waals surface area (Å²) in [6.07, 6.45) is 104. The van der Waals surface area contributed by atoms with Crippen molar-refractivity contribution < 1.29 is 42.9 Å². The highest BCUT2D eigenvalue weighted by molar-refractivity contribution is 5.70. The topological polar surface area (TPSA) is 111 Å². The van der Waals surface area contributed by atoms with E-state index in [1.165, 1.54) is 96.3 Å². The fourth-order valence-corrected chi connectivity index (χ4v) is 9.17. The van der Waals surface area contributed by atoms with Gasteiger partial charge >= 0.3 is 11.9 Å². The lowest BCUT2D eigenvalue weighted by molar-refractivity contribution is -0.870. The van der Waals surface area contributed by atoms with Gasteiger partial charge in [0.05, 0.1) is 40.3 Å². The zero-order valence-electron chi connectivity index (χ0n) is 58.4. The van der Waals surface area contributed by atoms with Gasteiger partial charge in [-0.25, -0.2) is 0 Å². The van der Waals surface area contributed by atoms with Gasteiger partial charge in [-0.3, -0.25) is 9.59 Å². The number of likely N-dealkylation sites (N-methyl/N-ethyl adjacent to an activating group) is 1. The van der Waals surface area contributed by atoms with E-state index in [4.69, 9.17) is 18.9 Å². The highest BCUT2D eigenvalue weighted by atomic mass is 16.7. The van der Waals surface area contributed by atoms with Gasteiger partial charge in [-0.2, -0.15) is 0 Å². The van der Waals surface area contributed by atoms with Gasteiger partial charge < -0.3 is 33.3 Å². The molecule has 0 aromatic carbocycles. The number of unbranched alkanes of at least 4 members (excludes halogenated alkanes) is 19. The Morgan fingerprint density at radius 3 is 0.956 bits per heavy atom. The molecule has 91 heavy (non-hydrogen) atoms. The lowest BCUT2D eigenvalue weighted by atomic mass is 10.0. The highest BCUT2D eigenvalue weighted by Crippen LogP contribution is 2.15. The van der Waals surface area contributed by atoms with E-state index < -0.39 is 24.3 Å². The van der Waals surface area contributed by atoms with Crippen molar-refractivity contribution in [2.24, 2.45) is 0 Å². The van der Waals surface area contributed by atoms with Gasteiger partial charge in [0.1, 0.15) is 13.2 Å². The molecule has 2 unspecified atom stereocenters. The monoisotopic (exact) mass is 1260 g/mol. The molecule has 512 valence electrons. The number of nitrogens with zero attached hydrogens (tertiary/aromatic N) is 1. The van der Waals surface area contributed by atoms with Gasteiger partial charge in [0.25, 0.3) is 0 Å². The number of carbonyl (C=O) groups is 3. The summed E-state index contributed by atoms with van der Waals surface area (Å²) < 4.78 is 22.7. The lowest BCUT2D eigenvalue weighted by Gasteiger charge is -2.26. The summed E-state index contributed by atoms with van der Waals surface area (Å²) in [5.41, 5.74) is 0. The van der Waals surface area contributed by atoms with Crippen LogP contribution in [0.5, 0.6) is 0 Å². The molecule has 0 bridgehead atoms. The molecule has 9 nitrogen and oxygen atoms in total. The molecular formula is C82H131NO8. The molecule has 2 atom stereocenters. The van der Waals surface area contributed by atoms with Crippen LogP contribution in [0.2, 0.25) is 0 Å². The Hall–Kier alpha value is -5.61. The molecule has 0 fully saturated rings. The average molecular weight is 1260 g/mol. The number of carboxylic acids is 1. The molecular weight excluding hydrogens is 1130 g/mol. The molecule has 0 N–H and O–H groups in total. The fourth-order valence-electron chi connectivity index (χ4n) is 9.17. The van der Waals surface area contributed by atoms with Gasteiger partial charge in [-0.1, -0.05) is 286 Å². The Morgan fingerprint density at radius 2 is 0.626 bits per heavy atom. The quantitative estimate of drug-likeness (QED) is 0.0195. The number of carbonyl (C=O) groups excluding carboxylic acids is 3. The van der Waals surface area contributed by atoms with Crippen LogP contribution >= 0.6 is 0 Å². The molecule has 0 rings (SSSR count). The molecule has 0 aromatic rings. The summed E-state index contributed by atoms with van der Waals surface area (Å²) in [6, 6.07) is 0. The van der Waals surface area contributed by atoms with Crippen molar-refractivity contribution >= 4 is 17.9 Å². The van der Waals surface area contributed by atoms with Crippen molar-refractivity contribution in [2.45, 2.75) is 270 Å². The van der Waals surface area contributed by atoms with Crippen molar-refractivity contribution in [1.82, 2.24) is 0 Å². The van der Waals surface area contributed by atoms with Crippen molar-refractivity contribution in [2.75, 3.05) is 47.5 Å². The smallest absolute Gasteiger partial charge is 0.306 e. The fraction of sp³-hybridized carbons (Fsp3) is 0.598. The summed E-state index contributed by atoms with van der Waals surface area (Å²) in [7, 11) is 5.90. The van der Waals surface area contributed by atoms with Crippen LogP contribution in [-0.2, 0) is 33.3 Å². The Balaban J connectivity index is 4.28. The molecule has 0 aliphatic heterocycles. The second-order valence-electron chi connectivity index (χ2n) is 24.4. The molecule has 0 heterocycles. The third kappa shape index (κ3) is 71.7. The molecule has 9 heteroatoms. The second-order valence-corrected chi connectivity index (χ2v) is 24.4. The van der Waals surface area contributed by atoms with Crippen molar-refractivity contribution in [3.63, 3.8) is 0 Å². The number of quaternary nitrogens is 1. The standard InChI is InChI=1S/C82H131NO8/c1-6-8-10-12-14-16-18-20-22-24-26-28-30-32-34-35-36-37-38-39-40-41-42-43-44-45-47-49-51-53-55-57-59-61-63-65-67-69-71-73-80(85)91-78(77-90-82(81(86)87)88-75-74-83(3,4)5)76-89-79(84)72-70-68-66-64-62-60-58-56-54-52-50-48-46-33-31-29-27-25-23-21-19-17-15-13-11-9-7-2/h8,10,14,16,19-22,25-28,31-34,36-37,39-40,42-43,45,47,51,53,57,59,63,65,78,82H,6-7,9,11-13,15,17-18,23-24,29-30,35,38,41,44,46,48-50,52,54-56,58,60-62,64,66-77H2,1-5H3/b10-8-,16-14-,21-19-,22-20-,27-25-,28-26-,33-31-,34-32-,37-36-,40-39-,43-42-,47-45-,53-51-,59-57-,65-63-. The van der Waals surface area contributed by atoms with Crippen LogP contribution < -0.4 is 5.11 Å². The third-order valence-corrected chi connectivity index (χ3v) is 14.6. The van der Waals surface area contributed by atoms with Gasteiger partial charge in [-0.15, -0.1) is 0 Å². The van der Waals surface area contributed by atoms with Gasteiger partial charge in [0.15, 0.2) is 12.4 Å². The minimum atomic E-state index is -1.65. The zero-order valence-corrected chi connectivity index (χ0v) is 58.4. The van der Waals surface area contributed by atoms with E-state index >= 15 is 0 Å². The maximum atomic E-state index is 12.9. The van der Waals surface area contributed by atoms with E-state index in [9.17, 15) is 19.5 Å². The Morgan fingerprint density at radius 1 is 0.341 bits per heavy atom. The first kappa shape index (κ1) is 85.4. The highest BCUT2D eigenvalue weighted by Gasteiger charge is 2.22. The molecule has 0 saturated carbocycles. The Labute approximate surface area is 558 Å². The first-order valence-electron chi connectivity index (χ1n) is 35.9. The van der Waals surface area contributed by atoms with E-state index in [1.807, 2.05) is 21.1 Å². The van der Waals surface area contributed by atoms with Crippen LogP contribution in [0.1, 0.15) is 258 Å². The van der Waals surface area contributed by atoms with Gasteiger partial charge in [0, 0.05) is 12.8 Å². The first-order valence-corrected chi connectivity index (χ1v) is 35.9. The molecule has 0 aromatic heterocycles. The minimum absolute atomic E-state index is 0.129. The minimum Gasteiger partial charge on any atom is -0.545 e. The second kappa shape index (κ2) is 70.3. The van der Waals surface area contributed by atoms with Crippen LogP contribution in [0.25, 0.3) is 0 Å². The van der Waals surface area contributed by atoms with Crippen molar-refractivity contribution in [3.8, 4) is 0 Å². The maximum Gasteiger partial charge on any atom is 0.306 e. The summed E-state index contributed by atoms with van der Waals surface area (Å²) in [4.78, 5) is 37.5. The average Bonchev–Trinajstić information content (AvgIpc) is 3.46. The number of aliphatic carboxylic acids is 1. The van der Waals surface area contributed by atoms with E-state index in [1.54, 1.807) is 0 Å². The van der Waals surface area contributed by atoms with Crippen LogP contribution in [-0.4, -0.2) is 82.3 Å². The summed E-state index contributed by atoms with van der Waals surface area (Å²) in [5, 5.41) is 11.8. The molecule has 0 aliphatic rings. The molecule has 0 saturated heterocycles. The van der Waals surface area contributed by atoms with Crippen LogP contribution in [0.15, 0.2) is 182 Å². The summed E-state index contributed by atoms with van der Waals surface area (Å²) in [5.74, 6) is -2.36. The largest absolute Gasteiger partial charge is 0.545 e. The number of hydrogen-bond donors (Lipinski definition) is 0. The Bertz CT molecular complexity index is 2150. The van der Waals surface area contributed by atoms with E-state index in [0.29, 0.717) is 17.4 Å². The van der Waals surface area contributed by atoms with Crippen molar-refractivity contribution in [1.29, 1.82) is 0 Å². The number of ether oxygens (including phenoxy) is 4. The van der Waals surface area contributed by atoms with Gasteiger partial charge in [0.2, 0.25) is 0 Å². The number of carboxylic acid groups (broad SMARTS) is 1. The lowest BCUT2D eigenvalue weighted by Crippen LogP contribution is -2.44. The number of rotatable bonds is 64. The van der Waals surface area contributed by atoms with Gasteiger partial charge in [-0.05, 0) is 141 Å². The maximum absolute atomic E-state index is 12.9. The van der Waals surface area contributed by atoms with E-state index in [-0.39, 0.29) is 38.6 Å². The number of esters is 2. The van der Waals surface area contributed by atoms with Crippen LogP contribution in [0.3, 0.4) is 0 Å². The van der Waals surface area contributed by atoms with E-state index in [2.05, 4.69) is 196 Å².